The number of nitrogens with zero attached hydrogens (tertiary/aromatic N) is 3. The molecule has 0 aliphatic carbocycles. The van der Waals surface area contributed by atoms with Crippen LogP contribution in [-0.2, 0) is 13.1 Å². The van der Waals surface area contributed by atoms with Crippen LogP contribution < -0.4 is 0 Å². The number of benzene rings is 1. The van der Waals surface area contributed by atoms with Gasteiger partial charge in [-0.1, -0.05) is 26.0 Å². The topological polar surface area (TPSA) is 11.4 Å². The maximum Gasteiger partial charge on any atom is 0.406 e. The molecule has 1 aromatic heterocycles. The summed E-state index contributed by atoms with van der Waals surface area (Å²) in [7, 11) is 0. The predicted molar refractivity (Wildman–Crippen MR) is 99.2 cm³/mol. The predicted octanol–water partition coefficient (Wildman–Crippen LogP) is 4.51. The molecule has 1 aromatic carbocycles. The first-order valence-corrected chi connectivity index (χ1v) is 9.51. The fraction of sp³-hybridized carbons (Fsp3) is 0.600. The maximum atomic E-state index is 12.7. The molecule has 0 atom stereocenters. The second kappa shape index (κ2) is 8.01. The van der Waals surface area contributed by atoms with Crippen molar-refractivity contribution in [1.82, 2.24) is 14.4 Å². The van der Waals surface area contributed by atoms with E-state index >= 15 is 0 Å². The van der Waals surface area contributed by atoms with Crippen molar-refractivity contribution in [2.45, 2.75) is 52.0 Å². The molecule has 1 saturated heterocycles. The summed E-state index contributed by atoms with van der Waals surface area (Å²) in [6.07, 6.45) is -0.331. The number of hydrogen-bond acceptors (Lipinski definition) is 2. The monoisotopic (exact) mass is 367 g/mol. The van der Waals surface area contributed by atoms with Crippen molar-refractivity contribution < 1.29 is 13.2 Å². The summed E-state index contributed by atoms with van der Waals surface area (Å²) in [5, 5.41) is 0.933. The number of alkyl halides is 3. The second-order valence-corrected chi connectivity index (χ2v) is 7.14. The molecule has 1 fully saturated rings. The van der Waals surface area contributed by atoms with E-state index in [0.29, 0.717) is 11.6 Å². The number of fused-ring (bicyclic) bond motifs is 1. The van der Waals surface area contributed by atoms with Crippen LogP contribution >= 0.6 is 0 Å². The van der Waals surface area contributed by atoms with Crippen molar-refractivity contribution in [3.63, 3.8) is 0 Å². The first-order valence-electron chi connectivity index (χ1n) is 9.51. The number of halogens is 3. The molecular formula is C20H28F3N3. The van der Waals surface area contributed by atoms with Crippen LogP contribution in [0, 0.1) is 0 Å². The van der Waals surface area contributed by atoms with Gasteiger partial charge in [-0.25, -0.2) is 0 Å². The van der Waals surface area contributed by atoms with Crippen LogP contribution in [-0.4, -0.2) is 52.8 Å². The Labute approximate surface area is 153 Å². The lowest BCUT2D eigenvalue weighted by atomic mass is 10.0. The summed E-state index contributed by atoms with van der Waals surface area (Å²) >= 11 is 0. The number of hydrogen-bond donors (Lipinski definition) is 0. The third-order valence-corrected chi connectivity index (χ3v) is 5.53. The van der Waals surface area contributed by atoms with Gasteiger partial charge in [0, 0.05) is 29.7 Å². The molecule has 2 aromatic rings. The molecule has 0 radical (unpaired) electrons. The molecule has 0 N–H and O–H groups in total. The molecule has 144 valence electrons. The van der Waals surface area contributed by atoms with Gasteiger partial charge in [-0.3, -0.25) is 4.90 Å². The molecule has 26 heavy (non-hydrogen) atoms. The van der Waals surface area contributed by atoms with Crippen LogP contribution in [0.25, 0.3) is 10.9 Å². The highest BCUT2D eigenvalue weighted by Gasteiger charge is 2.28. The van der Waals surface area contributed by atoms with Gasteiger partial charge in [-0.2, -0.15) is 13.2 Å². The van der Waals surface area contributed by atoms with E-state index in [4.69, 9.17) is 0 Å². The number of likely N-dealkylation sites (tertiary alicyclic amines) is 1. The Morgan fingerprint density at radius 2 is 1.77 bits per heavy atom. The van der Waals surface area contributed by atoms with Crippen molar-refractivity contribution >= 4 is 10.9 Å². The number of piperidine rings is 1. The minimum absolute atomic E-state index is 0.657. The average Bonchev–Trinajstić information content (AvgIpc) is 3.00. The Bertz CT molecular complexity index is 711. The van der Waals surface area contributed by atoms with Crippen LogP contribution in [0.5, 0.6) is 0 Å². The molecule has 0 unspecified atom stereocenters. The summed E-state index contributed by atoms with van der Waals surface area (Å²) in [5.74, 6) is 0. The summed E-state index contributed by atoms with van der Waals surface area (Å²) < 4.78 is 39.5. The SMILES string of the molecule is CCN(CC)C1CCN(Cc2cccc3c2ccn3CC(F)(F)F)CC1. The van der Waals surface area contributed by atoms with Gasteiger partial charge >= 0.3 is 6.18 Å². The summed E-state index contributed by atoms with van der Waals surface area (Å²) in [6, 6.07) is 8.16. The molecule has 0 spiro atoms. The molecule has 0 amide bonds. The molecule has 1 aliphatic rings. The van der Waals surface area contributed by atoms with E-state index in [1.165, 1.54) is 4.57 Å². The van der Waals surface area contributed by atoms with Gasteiger partial charge in [0.25, 0.3) is 0 Å². The molecular weight excluding hydrogens is 339 g/mol. The van der Waals surface area contributed by atoms with Gasteiger partial charge in [0.1, 0.15) is 6.54 Å². The van der Waals surface area contributed by atoms with E-state index in [1.54, 1.807) is 12.3 Å². The van der Waals surface area contributed by atoms with Crippen molar-refractivity contribution in [2.75, 3.05) is 26.2 Å². The highest BCUT2D eigenvalue weighted by atomic mass is 19.4. The Hall–Kier alpha value is -1.53. The molecule has 0 saturated carbocycles. The average molecular weight is 367 g/mol. The van der Waals surface area contributed by atoms with Crippen LogP contribution in [0.4, 0.5) is 13.2 Å². The normalized spacial score (nSPS) is 17.5. The molecule has 0 bridgehead atoms. The smallest absolute Gasteiger partial charge is 0.338 e. The van der Waals surface area contributed by atoms with Gasteiger partial charge in [0.05, 0.1) is 0 Å². The van der Waals surface area contributed by atoms with E-state index in [1.807, 2.05) is 18.2 Å². The van der Waals surface area contributed by atoms with E-state index < -0.39 is 12.7 Å². The van der Waals surface area contributed by atoms with Crippen LogP contribution in [0.3, 0.4) is 0 Å². The fourth-order valence-electron chi connectivity index (χ4n) is 4.18. The molecule has 3 rings (SSSR count). The maximum absolute atomic E-state index is 12.7. The summed E-state index contributed by atoms with van der Waals surface area (Å²) in [6.45, 7) is 8.56. The zero-order valence-electron chi connectivity index (χ0n) is 15.6. The van der Waals surface area contributed by atoms with Crippen molar-refractivity contribution in [1.29, 1.82) is 0 Å². The zero-order valence-corrected chi connectivity index (χ0v) is 15.6. The van der Waals surface area contributed by atoms with Gasteiger partial charge in [0.2, 0.25) is 0 Å². The first kappa shape index (κ1) is 19.2. The highest BCUT2D eigenvalue weighted by molar-refractivity contribution is 5.83. The van der Waals surface area contributed by atoms with E-state index in [0.717, 1.165) is 56.5 Å². The number of rotatable bonds is 6. The molecule has 6 heteroatoms. The Kier molecular flexibility index (Phi) is 5.92. The van der Waals surface area contributed by atoms with Crippen molar-refractivity contribution in [3.05, 3.63) is 36.0 Å². The third kappa shape index (κ3) is 4.41. The van der Waals surface area contributed by atoms with Crippen molar-refractivity contribution in [2.24, 2.45) is 0 Å². The van der Waals surface area contributed by atoms with Crippen LogP contribution in [0.1, 0.15) is 32.3 Å². The lowest BCUT2D eigenvalue weighted by Gasteiger charge is -2.37. The van der Waals surface area contributed by atoms with Gasteiger partial charge in [-0.15, -0.1) is 0 Å². The molecule has 3 nitrogen and oxygen atoms in total. The van der Waals surface area contributed by atoms with E-state index in [9.17, 15) is 13.2 Å². The van der Waals surface area contributed by atoms with Gasteiger partial charge < -0.3 is 9.47 Å². The summed E-state index contributed by atoms with van der Waals surface area (Å²) in [5.41, 5.74) is 1.78. The first-order chi connectivity index (χ1) is 12.4. The Balaban J connectivity index is 1.68. The molecule has 2 heterocycles. The molecule has 1 aliphatic heterocycles. The fourth-order valence-corrected chi connectivity index (χ4v) is 4.18. The summed E-state index contributed by atoms with van der Waals surface area (Å²) in [4.78, 5) is 4.95. The minimum atomic E-state index is -4.20. The quantitative estimate of drug-likeness (QED) is 0.744. The lowest BCUT2D eigenvalue weighted by Crippen LogP contribution is -2.44. The van der Waals surface area contributed by atoms with Gasteiger partial charge in [-0.05, 0) is 56.7 Å². The van der Waals surface area contributed by atoms with Crippen LogP contribution in [0.2, 0.25) is 0 Å². The second-order valence-electron chi connectivity index (χ2n) is 7.14. The standard InChI is InChI=1S/C20H28F3N3/c1-3-25(4-2)17-8-11-24(12-9-17)14-16-6-5-7-19-18(16)10-13-26(19)15-20(21,22)23/h5-7,10,13,17H,3-4,8-9,11-12,14-15H2,1-2H3. The highest BCUT2D eigenvalue weighted by Crippen LogP contribution is 2.26. The largest absolute Gasteiger partial charge is 0.406 e. The van der Waals surface area contributed by atoms with Gasteiger partial charge in [0.15, 0.2) is 0 Å². The third-order valence-electron chi connectivity index (χ3n) is 5.53. The lowest BCUT2D eigenvalue weighted by molar-refractivity contribution is -0.139. The zero-order chi connectivity index (χ0) is 18.7. The van der Waals surface area contributed by atoms with Crippen LogP contribution in [0.15, 0.2) is 30.5 Å². The minimum Gasteiger partial charge on any atom is -0.338 e. The van der Waals surface area contributed by atoms with E-state index in [-0.39, 0.29) is 0 Å². The van der Waals surface area contributed by atoms with Crippen molar-refractivity contribution in [3.8, 4) is 0 Å². The van der Waals surface area contributed by atoms with E-state index in [2.05, 4.69) is 23.6 Å². The Morgan fingerprint density at radius 1 is 1.08 bits per heavy atom. The Morgan fingerprint density at radius 3 is 2.38 bits per heavy atom. The number of aromatic nitrogens is 1.